The van der Waals surface area contributed by atoms with Crippen molar-refractivity contribution in [1.82, 2.24) is 10.4 Å². The molecule has 20 heavy (non-hydrogen) atoms. The van der Waals surface area contributed by atoms with E-state index in [4.69, 9.17) is 0 Å². The first-order valence-electron chi connectivity index (χ1n) is 5.24. The molecule has 9 heteroatoms. The molecule has 0 spiro atoms. The SMILES string of the molecule is O=C(NNc1nc(-c2cccc(O)c2)cs1)C(F)(F)F. The lowest BCUT2D eigenvalue weighted by Crippen LogP contribution is -2.40. The maximum absolute atomic E-state index is 12.0. The number of alkyl halides is 3. The third-order valence-corrected chi connectivity index (χ3v) is 2.94. The third kappa shape index (κ3) is 3.38. The first kappa shape index (κ1) is 14.1. The lowest BCUT2D eigenvalue weighted by atomic mass is 10.2. The van der Waals surface area contributed by atoms with E-state index < -0.39 is 12.1 Å². The summed E-state index contributed by atoms with van der Waals surface area (Å²) in [7, 11) is 0. The van der Waals surface area contributed by atoms with Gasteiger partial charge in [-0.1, -0.05) is 12.1 Å². The largest absolute Gasteiger partial charge is 0.508 e. The monoisotopic (exact) mass is 303 g/mol. The Kier molecular flexibility index (Phi) is 3.79. The Hall–Kier alpha value is -2.29. The lowest BCUT2D eigenvalue weighted by Gasteiger charge is -2.07. The molecule has 0 unspecified atom stereocenters. The Morgan fingerprint density at radius 2 is 2.10 bits per heavy atom. The van der Waals surface area contributed by atoms with Crippen LogP contribution in [-0.2, 0) is 4.79 Å². The Labute approximate surface area is 115 Å². The number of nitrogens with zero attached hydrogens (tertiary/aromatic N) is 1. The molecule has 106 valence electrons. The fourth-order valence-corrected chi connectivity index (χ4v) is 1.98. The van der Waals surface area contributed by atoms with Crippen LogP contribution in [-0.4, -0.2) is 22.2 Å². The van der Waals surface area contributed by atoms with Crippen molar-refractivity contribution in [1.29, 1.82) is 0 Å². The van der Waals surface area contributed by atoms with Gasteiger partial charge >= 0.3 is 12.1 Å². The first-order chi connectivity index (χ1) is 9.36. The van der Waals surface area contributed by atoms with E-state index in [1.807, 2.05) is 0 Å². The summed E-state index contributed by atoms with van der Waals surface area (Å²) in [4.78, 5) is 14.6. The third-order valence-electron chi connectivity index (χ3n) is 2.19. The second-order valence-electron chi connectivity index (χ2n) is 3.67. The van der Waals surface area contributed by atoms with Crippen LogP contribution in [0.15, 0.2) is 29.6 Å². The number of phenols is 1. The number of amides is 1. The summed E-state index contributed by atoms with van der Waals surface area (Å²) in [5.41, 5.74) is 4.66. The van der Waals surface area contributed by atoms with Crippen molar-refractivity contribution < 1.29 is 23.1 Å². The van der Waals surface area contributed by atoms with Crippen molar-refractivity contribution in [2.45, 2.75) is 6.18 Å². The number of halogens is 3. The zero-order chi connectivity index (χ0) is 14.8. The zero-order valence-corrected chi connectivity index (χ0v) is 10.5. The number of thiazole rings is 1. The number of nitrogens with one attached hydrogen (secondary N) is 2. The van der Waals surface area contributed by atoms with E-state index in [0.29, 0.717) is 11.3 Å². The summed E-state index contributed by atoms with van der Waals surface area (Å²) in [6.45, 7) is 0. The van der Waals surface area contributed by atoms with Crippen LogP contribution in [0.25, 0.3) is 11.3 Å². The number of aromatic hydroxyl groups is 1. The molecule has 0 saturated carbocycles. The Bertz CT molecular complexity index is 627. The standard InChI is InChI=1S/C11H8F3N3O2S/c12-11(13,14)9(19)16-17-10-15-8(5-20-10)6-2-1-3-7(18)4-6/h1-5,18H,(H,15,17)(H,16,19). The maximum atomic E-state index is 12.0. The number of carbonyl (C=O) groups is 1. The van der Waals surface area contributed by atoms with Crippen molar-refractivity contribution in [3.63, 3.8) is 0 Å². The molecular formula is C11H8F3N3O2S. The van der Waals surface area contributed by atoms with E-state index in [0.717, 1.165) is 11.3 Å². The van der Waals surface area contributed by atoms with Gasteiger partial charge in [-0.2, -0.15) is 13.2 Å². The highest BCUT2D eigenvalue weighted by molar-refractivity contribution is 7.14. The summed E-state index contributed by atoms with van der Waals surface area (Å²) in [6, 6.07) is 6.25. The second-order valence-corrected chi connectivity index (χ2v) is 4.52. The minimum absolute atomic E-state index is 0.0513. The summed E-state index contributed by atoms with van der Waals surface area (Å²) < 4.78 is 35.9. The summed E-state index contributed by atoms with van der Waals surface area (Å²) in [5, 5.41) is 11.0. The maximum Gasteiger partial charge on any atom is 0.472 e. The second kappa shape index (κ2) is 5.37. The predicted molar refractivity (Wildman–Crippen MR) is 67.0 cm³/mol. The number of aromatic nitrogens is 1. The molecule has 3 N–H and O–H groups in total. The van der Waals surface area contributed by atoms with Gasteiger partial charge in [0.25, 0.3) is 0 Å². The van der Waals surface area contributed by atoms with Gasteiger partial charge in [0.2, 0.25) is 5.13 Å². The molecule has 0 aliphatic rings. The van der Waals surface area contributed by atoms with Gasteiger partial charge < -0.3 is 5.11 Å². The van der Waals surface area contributed by atoms with Crippen LogP contribution in [0.4, 0.5) is 18.3 Å². The van der Waals surface area contributed by atoms with Crippen LogP contribution in [0.2, 0.25) is 0 Å². The average Bonchev–Trinajstić information content (AvgIpc) is 2.83. The molecular weight excluding hydrogens is 295 g/mol. The van der Waals surface area contributed by atoms with Crippen molar-refractivity contribution in [2.75, 3.05) is 5.43 Å². The van der Waals surface area contributed by atoms with Gasteiger partial charge in [-0.25, -0.2) is 4.98 Å². The normalized spacial score (nSPS) is 11.2. The number of benzene rings is 1. The topological polar surface area (TPSA) is 74.2 Å². The van der Waals surface area contributed by atoms with E-state index in [-0.39, 0.29) is 10.9 Å². The van der Waals surface area contributed by atoms with Gasteiger partial charge in [0.15, 0.2) is 0 Å². The fraction of sp³-hybridized carbons (Fsp3) is 0.0909. The van der Waals surface area contributed by atoms with Crippen molar-refractivity contribution in [3.8, 4) is 17.0 Å². The number of hydrogen-bond donors (Lipinski definition) is 3. The molecule has 0 aliphatic carbocycles. The summed E-state index contributed by atoms with van der Waals surface area (Å²) >= 11 is 1.02. The van der Waals surface area contributed by atoms with Gasteiger partial charge in [-0.15, -0.1) is 11.3 Å². The smallest absolute Gasteiger partial charge is 0.472 e. The van der Waals surface area contributed by atoms with E-state index >= 15 is 0 Å². The van der Waals surface area contributed by atoms with Crippen LogP contribution in [0.5, 0.6) is 5.75 Å². The molecule has 1 aromatic heterocycles. The Balaban J connectivity index is 2.05. The van der Waals surface area contributed by atoms with E-state index in [2.05, 4.69) is 10.4 Å². The molecule has 0 atom stereocenters. The number of carbonyl (C=O) groups excluding carboxylic acids is 1. The fourth-order valence-electron chi connectivity index (χ4n) is 1.31. The van der Waals surface area contributed by atoms with Crippen LogP contribution < -0.4 is 10.9 Å². The minimum Gasteiger partial charge on any atom is -0.508 e. The first-order valence-corrected chi connectivity index (χ1v) is 6.12. The van der Waals surface area contributed by atoms with Crippen molar-refractivity contribution in [3.05, 3.63) is 29.6 Å². The van der Waals surface area contributed by atoms with Gasteiger partial charge in [-0.05, 0) is 12.1 Å². The van der Waals surface area contributed by atoms with Crippen molar-refractivity contribution in [2.24, 2.45) is 0 Å². The molecule has 2 rings (SSSR count). The highest BCUT2D eigenvalue weighted by Crippen LogP contribution is 2.26. The van der Waals surface area contributed by atoms with Gasteiger partial charge in [0, 0.05) is 10.9 Å². The number of hydrazine groups is 1. The molecule has 0 bridgehead atoms. The lowest BCUT2D eigenvalue weighted by molar-refractivity contribution is -0.173. The molecule has 0 fully saturated rings. The molecule has 5 nitrogen and oxygen atoms in total. The van der Waals surface area contributed by atoms with Crippen LogP contribution in [0.3, 0.4) is 0 Å². The van der Waals surface area contributed by atoms with Crippen LogP contribution >= 0.6 is 11.3 Å². The van der Waals surface area contributed by atoms with Gasteiger partial charge in [0.05, 0.1) is 5.69 Å². The predicted octanol–water partition coefficient (Wildman–Crippen LogP) is 2.52. The highest BCUT2D eigenvalue weighted by Gasteiger charge is 2.38. The van der Waals surface area contributed by atoms with Crippen LogP contribution in [0.1, 0.15) is 0 Å². The average molecular weight is 303 g/mol. The number of phenolic OH excluding ortho intramolecular Hbond substituents is 1. The minimum atomic E-state index is -4.96. The zero-order valence-electron chi connectivity index (χ0n) is 9.73. The number of anilines is 1. The van der Waals surface area contributed by atoms with Crippen LogP contribution in [0, 0.1) is 0 Å². The number of hydrogen-bond acceptors (Lipinski definition) is 5. The van der Waals surface area contributed by atoms with Gasteiger partial charge in [-0.3, -0.25) is 15.6 Å². The highest BCUT2D eigenvalue weighted by atomic mass is 32.1. The summed E-state index contributed by atoms with van der Waals surface area (Å²) in [6.07, 6.45) is -4.96. The van der Waals surface area contributed by atoms with Gasteiger partial charge in [0.1, 0.15) is 5.75 Å². The van der Waals surface area contributed by atoms with E-state index in [1.54, 1.807) is 17.5 Å². The molecule has 0 aliphatic heterocycles. The number of rotatable bonds is 3. The van der Waals surface area contributed by atoms with E-state index in [1.165, 1.54) is 17.6 Å². The molecule has 0 radical (unpaired) electrons. The Morgan fingerprint density at radius 3 is 2.75 bits per heavy atom. The Morgan fingerprint density at radius 1 is 1.35 bits per heavy atom. The molecule has 1 amide bonds. The molecule has 1 heterocycles. The molecule has 2 aromatic rings. The summed E-state index contributed by atoms with van der Waals surface area (Å²) in [5.74, 6) is -2.05. The van der Waals surface area contributed by atoms with E-state index in [9.17, 15) is 23.1 Å². The molecule has 1 aromatic carbocycles. The molecule has 0 saturated heterocycles. The van der Waals surface area contributed by atoms with Crippen molar-refractivity contribution >= 4 is 22.4 Å². The quantitative estimate of drug-likeness (QED) is 0.762.